The lowest BCUT2D eigenvalue weighted by Gasteiger charge is -2.49. The first-order chi connectivity index (χ1) is 19.8. The molecule has 0 spiro atoms. The van der Waals surface area contributed by atoms with Gasteiger partial charge in [0.1, 0.15) is 22.8 Å². The van der Waals surface area contributed by atoms with E-state index in [0.29, 0.717) is 23.0 Å². The zero-order valence-corrected chi connectivity index (χ0v) is 24.0. The molecule has 0 unspecified atom stereocenters. The van der Waals surface area contributed by atoms with Crippen LogP contribution >= 0.6 is 46.6 Å². The van der Waals surface area contributed by atoms with Crippen molar-refractivity contribution in [2.24, 2.45) is 10.9 Å². The molecule has 2 amide bonds. The smallest absolute Gasteiger partial charge is 0.477 e. The molecule has 2 aliphatic heterocycles. The predicted molar refractivity (Wildman–Crippen MR) is 148 cm³/mol. The summed E-state index contributed by atoms with van der Waals surface area (Å²) in [5, 5.41) is 32.8. The molecule has 0 radical (unpaired) electrons. The summed E-state index contributed by atoms with van der Waals surface area (Å²) in [5.74, 6) is -4.40. The summed E-state index contributed by atoms with van der Waals surface area (Å²) in [6.45, 7) is 0.484. The number of hydrogen-bond donors (Lipinski definition) is 6. The fourth-order valence-electron chi connectivity index (χ4n) is 3.35. The number of carbonyl (C=O) groups is 4. The maximum absolute atomic E-state index is 12.9. The van der Waals surface area contributed by atoms with Gasteiger partial charge in [0.2, 0.25) is 0 Å². The summed E-state index contributed by atoms with van der Waals surface area (Å²) >= 11 is 5.17. The number of halogens is 3. The van der Waals surface area contributed by atoms with Gasteiger partial charge in [-0.05, 0) is 6.07 Å². The Hall–Kier alpha value is -3.53. The third-order valence-electron chi connectivity index (χ3n) is 5.10. The van der Waals surface area contributed by atoms with Crippen molar-refractivity contribution in [2.45, 2.75) is 27.4 Å². The van der Waals surface area contributed by atoms with Crippen LogP contribution in [0.4, 0.5) is 18.3 Å². The molecule has 14 nitrogen and oxygen atoms in total. The number of nitrogens with two attached hydrogens (primary N) is 2. The number of anilines is 1. The molecule has 42 heavy (non-hydrogen) atoms. The van der Waals surface area contributed by atoms with Crippen molar-refractivity contribution in [2.75, 3.05) is 23.8 Å². The lowest BCUT2D eigenvalue weighted by molar-refractivity contribution is -0.192. The number of nitrogen functional groups attached to an aromatic ring is 1. The monoisotopic (exact) mass is 667 g/mol. The number of alkyl halides is 3. The van der Waals surface area contributed by atoms with E-state index in [-0.39, 0.29) is 16.5 Å². The zero-order valence-electron chi connectivity index (χ0n) is 20.8. The number of thiazole rings is 1. The Balaban J connectivity index is 0.000000616. The Bertz CT molecular complexity index is 1440. The molecule has 8 N–H and O–H groups in total. The van der Waals surface area contributed by atoms with Crippen molar-refractivity contribution < 1.29 is 47.8 Å². The molecule has 226 valence electrons. The molecule has 2 aromatic heterocycles. The van der Waals surface area contributed by atoms with Crippen LogP contribution in [0.3, 0.4) is 0 Å². The fraction of sp³-hybridized carbons (Fsp3) is 0.286. The van der Waals surface area contributed by atoms with Crippen molar-refractivity contribution in [1.82, 2.24) is 20.2 Å². The number of aromatic nitrogens is 2. The molecule has 0 bridgehead atoms. The third-order valence-corrected chi connectivity index (χ3v) is 9.60. The summed E-state index contributed by atoms with van der Waals surface area (Å²) in [5.41, 5.74) is 10.7. The van der Waals surface area contributed by atoms with Gasteiger partial charge >= 0.3 is 18.1 Å². The van der Waals surface area contributed by atoms with Crippen LogP contribution in [0.5, 0.6) is 0 Å². The number of carboxylic acid groups (broad SMARTS) is 2. The number of pyridine rings is 1. The number of nitrogens with one attached hydrogen (secondary N) is 1. The van der Waals surface area contributed by atoms with Crippen LogP contribution in [0.25, 0.3) is 0 Å². The van der Waals surface area contributed by atoms with Crippen LogP contribution in [0.2, 0.25) is 0 Å². The highest BCUT2D eigenvalue weighted by Crippen LogP contribution is 2.46. The van der Waals surface area contributed by atoms with Gasteiger partial charge < -0.3 is 32.2 Å². The van der Waals surface area contributed by atoms with E-state index < -0.39 is 47.1 Å². The van der Waals surface area contributed by atoms with Crippen LogP contribution in [-0.2, 0) is 19.2 Å². The van der Waals surface area contributed by atoms with Crippen molar-refractivity contribution in [3.05, 3.63) is 40.1 Å². The van der Waals surface area contributed by atoms with Gasteiger partial charge in [-0.25, -0.2) is 14.6 Å². The molecule has 1 fully saturated rings. The number of carbonyl (C=O) groups excluding carboxylic acids is 2. The Kier molecular flexibility index (Phi) is 11.1. The SMILES string of the molecule is NCCSc1cnccc1SC1=C(C(=O)O)N2C(=O)[C@@H](NC(=O)/C(=N\O)c3csc(N)n3)[C@H]2SC1.O=C(O)C(F)(F)F. The summed E-state index contributed by atoms with van der Waals surface area (Å²) in [6.07, 6.45) is -1.77. The summed E-state index contributed by atoms with van der Waals surface area (Å²) < 4.78 is 31.7. The van der Waals surface area contributed by atoms with Crippen molar-refractivity contribution >= 4 is 81.2 Å². The number of rotatable bonds is 9. The largest absolute Gasteiger partial charge is 0.490 e. The Morgan fingerprint density at radius 3 is 2.50 bits per heavy atom. The molecule has 21 heteroatoms. The maximum atomic E-state index is 12.9. The van der Waals surface area contributed by atoms with Crippen LogP contribution in [0.1, 0.15) is 5.69 Å². The number of nitrogens with zero attached hydrogens (tertiary/aromatic N) is 4. The van der Waals surface area contributed by atoms with Gasteiger partial charge in [-0.15, -0.1) is 34.9 Å². The van der Waals surface area contributed by atoms with E-state index in [1.165, 1.54) is 45.6 Å². The van der Waals surface area contributed by atoms with Crippen LogP contribution in [0.15, 0.2) is 49.4 Å². The number of aliphatic carboxylic acids is 2. The standard InChI is InChI=1S/C19H19N7O5S4.C2HF3O2/c20-2-4-32-10-5-22-3-1-9(10)35-11-7-33-17-13(16(28)26(17)14(11)18(29)30)24-15(27)12(25-31)8-6-34-19(21)23-8;3-2(4,5)1(6)7/h1,3,5-6,13,17,31H,2,4,7,20H2,(H2,21,23)(H,24,27)(H,29,30);(H,6,7)/b25-12-;/t13-,17-;/m1./s1. The van der Waals surface area contributed by atoms with Crippen molar-refractivity contribution in [3.8, 4) is 0 Å². The number of thioether (sulfide) groups is 3. The second-order valence-corrected chi connectivity index (χ2v) is 12.1. The lowest BCUT2D eigenvalue weighted by atomic mass is 10.0. The van der Waals surface area contributed by atoms with Gasteiger partial charge in [0.25, 0.3) is 11.8 Å². The van der Waals surface area contributed by atoms with Gasteiger partial charge in [0, 0.05) is 50.5 Å². The van der Waals surface area contributed by atoms with Crippen LogP contribution < -0.4 is 16.8 Å². The molecule has 2 atom stereocenters. The lowest BCUT2D eigenvalue weighted by Crippen LogP contribution is -2.71. The number of fused-ring (bicyclic) bond motifs is 1. The second kappa shape index (κ2) is 14.1. The van der Waals surface area contributed by atoms with Crippen LogP contribution in [0, 0.1) is 0 Å². The van der Waals surface area contributed by atoms with Gasteiger partial charge in [-0.3, -0.25) is 19.5 Å². The highest BCUT2D eigenvalue weighted by molar-refractivity contribution is 8.07. The minimum atomic E-state index is -5.08. The molecule has 4 rings (SSSR count). The Labute approximate surface area is 250 Å². The Morgan fingerprint density at radius 2 is 1.95 bits per heavy atom. The molecule has 0 aromatic carbocycles. The number of carboxylic acids is 2. The first-order valence-corrected chi connectivity index (χ1v) is 14.9. The average Bonchev–Trinajstić information content (AvgIpc) is 3.36. The molecule has 2 aromatic rings. The molecule has 1 saturated heterocycles. The van der Waals surface area contributed by atoms with E-state index >= 15 is 0 Å². The molecule has 4 heterocycles. The topological polar surface area (TPSA) is 234 Å². The van der Waals surface area contributed by atoms with E-state index in [0.717, 1.165) is 21.1 Å². The van der Waals surface area contributed by atoms with Gasteiger partial charge in [0.05, 0.1) is 0 Å². The summed E-state index contributed by atoms with van der Waals surface area (Å²) in [7, 11) is 0. The van der Waals surface area contributed by atoms with E-state index in [1.54, 1.807) is 18.5 Å². The normalized spacial score (nSPS) is 18.4. The average molecular weight is 668 g/mol. The first-order valence-electron chi connectivity index (χ1n) is 11.2. The van der Waals surface area contributed by atoms with E-state index in [4.69, 9.17) is 21.4 Å². The maximum Gasteiger partial charge on any atom is 0.490 e. The number of hydrogen-bond acceptors (Lipinski definition) is 14. The molecule has 0 saturated carbocycles. The molecular formula is C21H20F3N7O7S4. The highest BCUT2D eigenvalue weighted by atomic mass is 32.2. The summed E-state index contributed by atoms with van der Waals surface area (Å²) in [4.78, 5) is 58.0. The van der Waals surface area contributed by atoms with Crippen molar-refractivity contribution in [3.63, 3.8) is 0 Å². The minimum Gasteiger partial charge on any atom is -0.477 e. The minimum absolute atomic E-state index is 0.0675. The fourth-order valence-corrected chi connectivity index (χ4v) is 7.35. The first kappa shape index (κ1) is 33.0. The van der Waals surface area contributed by atoms with E-state index in [1.807, 2.05) is 0 Å². The van der Waals surface area contributed by atoms with Crippen LogP contribution in [-0.4, -0.2) is 95.4 Å². The van der Waals surface area contributed by atoms with Gasteiger partial charge in [-0.1, -0.05) is 16.9 Å². The van der Waals surface area contributed by atoms with E-state index in [2.05, 4.69) is 20.4 Å². The van der Waals surface area contributed by atoms with Crippen molar-refractivity contribution in [1.29, 1.82) is 0 Å². The zero-order chi connectivity index (χ0) is 31.2. The predicted octanol–water partition coefficient (Wildman–Crippen LogP) is 1.47. The number of β-lactam (4-membered cyclic amide) rings is 1. The van der Waals surface area contributed by atoms with E-state index in [9.17, 15) is 37.9 Å². The summed E-state index contributed by atoms with van der Waals surface area (Å²) in [6, 6.07) is 0.798. The second-order valence-electron chi connectivity index (χ2n) is 7.82. The molecule has 0 aliphatic carbocycles. The number of amides is 2. The van der Waals surface area contributed by atoms with Gasteiger partial charge in [-0.2, -0.15) is 13.2 Å². The quantitative estimate of drug-likeness (QED) is 0.0731. The third kappa shape index (κ3) is 7.65. The number of oxime groups is 1. The molecule has 2 aliphatic rings. The van der Waals surface area contributed by atoms with Gasteiger partial charge in [0.15, 0.2) is 10.8 Å². The highest BCUT2D eigenvalue weighted by Gasteiger charge is 2.54. The Morgan fingerprint density at radius 1 is 1.26 bits per heavy atom. The molecular weight excluding hydrogens is 648 g/mol.